The molecule has 0 amide bonds. The van der Waals surface area contributed by atoms with Crippen molar-refractivity contribution in [3.63, 3.8) is 0 Å². The molecule has 0 unspecified atom stereocenters. The smallest absolute Gasteiger partial charge is 0.387 e. The van der Waals surface area contributed by atoms with Crippen LogP contribution in [0.5, 0.6) is 5.75 Å². The number of allylic oxidation sites excluding steroid dienone is 1. The minimum Gasteiger partial charge on any atom is -0.435 e. The average Bonchev–Trinajstić information content (AvgIpc) is 3.57. The molecule has 2 aliphatic rings. The van der Waals surface area contributed by atoms with Gasteiger partial charge >= 0.3 is 6.61 Å². The van der Waals surface area contributed by atoms with Gasteiger partial charge in [-0.3, -0.25) is 0 Å². The van der Waals surface area contributed by atoms with Crippen LogP contribution in [-0.2, 0) is 6.42 Å². The standard InChI is InChI=1S/C30H26F2N6O/c1-18-27(21-6-8-24(9-7-21)39-30(31)32)37-28(36-18)22-10-12-38(13-11-22)29-25-14-23(15-26(25)34-17-35-29)20-4-2-19(16-33)3-5-20/h2-9,14,17,22,30H,10-13,15H2,1H3,(H,36,37). The first kappa shape index (κ1) is 24.7. The van der Waals surface area contributed by atoms with Crippen molar-refractivity contribution in [3.05, 3.63) is 88.8 Å². The third-order valence-electron chi connectivity index (χ3n) is 7.44. The van der Waals surface area contributed by atoms with Crippen LogP contribution in [0.25, 0.3) is 22.9 Å². The summed E-state index contributed by atoms with van der Waals surface area (Å²) in [5, 5.41) is 9.09. The quantitative estimate of drug-likeness (QED) is 0.326. The molecule has 1 aliphatic heterocycles. The van der Waals surface area contributed by atoms with Crippen molar-refractivity contribution < 1.29 is 13.5 Å². The van der Waals surface area contributed by atoms with E-state index >= 15 is 0 Å². The zero-order valence-electron chi connectivity index (χ0n) is 21.4. The molecule has 1 fully saturated rings. The summed E-state index contributed by atoms with van der Waals surface area (Å²) in [6.45, 7) is 0.836. The third-order valence-corrected chi connectivity index (χ3v) is 7.44. The number of anilines is 1. The Morgan fingerprint density at radius 3 is 2.44 bits per heavy atom. The first-order valence-electron chi connectivity index (χ1n) is 12.9. The van der Waals surface area contributed by atoms with E-state index in [-0.39, 0.29) is 11.7 Å². The largest absolute Gasteiger partial charge is 0.435 e. The van der Waals surface area contributed by atoms with Crippen LogP contribution in [-0.4, -0.2) is 39.6 Å². The molecule has 2 aromatic carbocycles. The molecule has 0 radical (unpaired) electrons. The van der Waals surface area contributed by atoms with E-state index in [1.807, 2.05) is 31.2 Å². The predicted molar refractivity (Wildman–Crippen MR) is 144 cm³/mol. The van der Waals surface area contributed by atoms with E-state index in [9.17, 15) is 8.78 Å². The van der Waals surface area contributed by atoms with Gasteiger partial charge in [0, 0.05) is 42.2 Å². The van der Waals surface area contributed by atoms with Crippen LogP contribution in [0.15, 0.2) is 54.9 Å². The fourth-order valence-electron chi connectivity index (χ4n) is 5.43. The van der Waals surface area contributed by atoms with Crippen molar-refractivity contribution in [1.29, 1.82) is 5.26 Å². The Morgan fingerprint density at radius 2 is 1.74 bits per heavy atom. The number of hydrogen-bond donors (Lipinski definition) is 1. The monoisotopic (exact) mass is 524 g/mol. The maximum Gasteiger partial charge on any atom is 0.387 e. The molecule has 0 bridgehead atoms. The van der Waals surface area contributed by atoms with Gasteiger partial charge in [-0.25, -0.2) is 15.0 Å². The Labute approximate surface area is 224 Å². The minimum atomic E-state index is -2.84. The molecule has 0 spiro atoms. The fourth-order valence-corrected chi connectivity index (χ4v) is 5.43. The van der Waals surface area contributed by atoms with Crippen LogP contribution < -0.4 is 9.64 Å². The number of fused-ring (bicyclic) bond motifs is 1. The van der Waals surface area contributed by atoms with Gasteiger partial charge in [-0.05, 0) is 73.4 Å². The first-order chi connectivity index (χ1) is 19.0. The van der Waals surface area contributed by atoms with Gasteiger partial charge in [-0.2, -0.15) is 14.0 Å². The van der Waals surface area contributed by atoms with Gasteiger partial charge in [0.15, 0.2) is 0 Å². The molecule has 39 heavy (non-hydrogen) atoms. The Kier molecular flexibility index (Phi) is 6.53. The van der Waals surface area contributed by atoms with Crippen LogP contribution in [0.3, 0.4) is 0 Å². The molecule has 0 saturated carbocycles. The predicted octanol–water partition coefficient (Wildman–Crippen LogP) is 6.13. The lowest BCUT2D eigenvalue weighted by Crippen LogP contribution is -2.34. The highest BCUT2D eigenvalue weighted by Crippen LogP contribution is 2.37. The lowest BCUT2D eigenvalue weighted by molar-refractivity contribution is -0.0498. The second-order valence-electron chi connectivity index (χ2n) is 9.85. The Bertz CT molecular complexity index is 1560. The molecule has 1 saturated heterocycles. The topological polar surface area (TPSA) is 90.7 Å². The number of rotatable bonds is 6. The number of piperidine rings is 1. The van der Waals surface area contributed by atoms with E-state index in [0.29, 0.717) is 5.56 Å². The number of ether oxygens (including phenoxy) is 1. The molecule has 1 aliphatic carbocycles. The average molecular weight is 525 g/mol. The summed E-state index contributed by atoms with van der Waals surface area (Å²) >= 11 is 0. The second-order valence-corrected chi connectivity index (χ2v) is 9.85. The number of aromatic amines is 1. The van der Waals surface area contributed by atoms with Crippen LogP contribution in [0.2, 0.25) is 0 Å². The van der Waals surface area contributed by atoms with Crippen molar-refractivity contribution in [2.45, 2.75) is 38.7 Å². The summed E-state index contributed by atoms with van der Waals surface area (Å²) in [6, 6.07) is 16.4. The SMILES string of the molecule is Cc1[nH]c(C2CCN(c3ncnc4c3C=C(c3ccc(C#N)cc3)C4)CC2)nc1-c1ccc(OC(F)F)cc1. The van der Waals surface area contributed by atoms with E-state index in [1.54, 1.807) is 18.5 Å². The molecule has 9 heteroatoms. The molecule has 0 atom stereocenters. The van der Waals surface area contributed by atoms with Gasteiger partial charge < -0.3 is 14.6 Å². The number of imidazole rings is 1. The number of hydrogen-bond acceptors (Lipinski definition) is 6. The Morgan fingerprint density at radius 1 is 1.03 bits per heavy atom. The number of nitriles is 1. The molecular formula is C30H26F2N6O. The van der Waals surface area contributed by atoms with Crippen LogP contribution >= 0.6 is 0 Å². The van der Waals surface area contributed by atoms with Gasteiger partial charge in [0.1, 0.15) is 23.7 Å². The summed E-state index contributed by atoms with van der Waals surface area (Å²) in [7, 11) is 0. The number of halogens is 2. The highest BCUT2D eigenvalue weighted by molar-refractivity contribution is 5.91. The van der Waals surface area contributed by atoms with Crippen molar-refractivity contribution in [3.8, 4) is 23.1 Å². The number of aryl methyl sites for hydroxylation is 1. The van der Waals surface area contributed by atoms with E-state index in [2.05, 4.69) is 36.7 Å². The number of nitrogens with one attached hydrogen (secondary N) is 1. The maximum atomic E-state index is 12.5. The lowest BCUT2D eigenvalue weighted by Gasteiger charge is -2.32. The summed E-state index contributed by atoms with van der Waals surface area (Å²) < 4.78 is 29.4. The number of benzene rings is 2. The number of H-pyrrole nitrogens is 1. The van der Waals surface area contributed by atoms with Crippen molar-refractivity contribution in [2.75, 3.05) is 18.0 Å². The minimum absolute atomic E-state index is 0.129. The molecule has 7 nitrogen and oxygen atoms in total. The van der Waals surface area contributed by atoms with Gasteiger partial charge in [-0.1, -0.05) is 12.1 Å². The maximum absolute atomic E-state index is 12.5. The summed E-state index contributed by atoms with van der Waals surface area (Å²) in [5.74, 6) is 2.33. The lowest BCUT2D eigenvalue weighted by atomic mass is 9.96. The Hall–Kier alpha value is -4.58. The molecule has 6 rings (SSSR count). The number of aromatic nitrogens is 4. The van der Waals surface area contributed by atoms with Crippen molar-refractivity contribution >= 4 is 17.5 Å². The van der Waals surface area contributed by atoms with Crippen LogP contribution in [0.1, 0.15) is 52.7 Å². The number of nitrogens with zero attached hydrogens (tertiary/aromatic N) is 5. The summed E-state index contributed by atoms with van der Waals surface area (Å²) in [4.78, 5) is 19.9. The second kappa shape index (κ2) is 10.3. The van der Waals surface area contributed by atoms with Crippen molar-refractivity contribution in [2.24, 2.45) is 0 Å². The van der Waals surface area contributed by atoms with E-state index in [1.165, 1.54) is 17.7 Å². The van der Waals surface area contributed by atoms with Crippen LogP contribution in [0.4, 0.5) is 14.6 Å². The highest BCUT2D eigenvalue weighted by atomic mass is 19.3. The fraction of sp³-hybridized carbons (Fsp3) is 0.267. The van der Waals surface area contributed by atoms with E-state index in [4.69, 9.17) is 10.2 Å². The molecule has 2 aromatic heterocycles. The summed E-state index contributed by atoms with van der Waals surface area (Å²) in [5.41, 5.74) is 7.65. The molecular weight excluding hydrogens is 498 g/mol. The van der Waals surface area contributed by atoms with Gasteiger partial charge in [0.05, 0.1) is 23.0 Å². The molecule has 3 heterocycles. The van der Waals surface area contributed by atoms with E-state index in [0.717, 1.165) is 77.8 Å². The van der Waals surface area contributed by atoms with E-state index < -0.39 is 6.61 Å². The molecule has 196 valence electrons. The number of alkyl halides is 2. The first-order valence-corrected chi connectivity index (χ1v) is 12.9. The van der Waals surface area contributed by atoms with Crippen LogP contribution in [0, 0.1) is 18.3 Å². The van der Waals surface area contributed by atoms with Gasteiger partial charge in [-0.15, -0.1) is 0 Å². The zero-order chi connectivity index (χ0) is 26.9. The van der Waals surface area contributed by atoms with Crippen molar-refractivity contribution in [1.82, 2.24) is 19.9 Å². The molecule has 1 N–H and O–H groups in total. The van der Waals surface area contributed by atoms with Gasteiger partial charge in [0.2, 0.25) is 0 Å². The summed E-state index contributed by atoms with van der Waals surface area (Å²) in [6.07, 6.45) is 6.43. The Balaban J connectivity index is 1.15. The normalized spacial score (nSPS) is 15.3. The van der Waals surface area contributed by atoms with Gasteiger partial charge in [0.25, 0.3) is 0 Å². The third kappa shape index (κ3) is 4.98. The highest BCUT2D eigenvalue weighted by Gasteiger charge is 2.28. The molecule has 4 aromatic rings. The zero-order valence-corrected chi connectivity index (χ0v) is 21.4.